The summed E-state index contributed by atoms with van der Waals surface area (Å²) in [5.41, 5.74) is 3.87. The molecular weight excluding hydrogens is 430 g/mol. The van der Waals surface area contributed by atoms with E-state index in [9.17, 15) is 4.39 Å². The van der Waals surface area contributed by atoms with Crippen LogP contribution in [0.2, 0.25) is 0 Å². The zero-order valence-electron chi connectivity index (χ0n) is 15.1. The van der Waals surface area contributed by atoms with Crippen molar-refractivity contribution in [3.63, 3.8) is 0 Å². The smallest absolute Gasteiger partial charge is 0.191 e. The van der Waals surface area contributed by atoms with Crippen LogP contribution in [-0.4, -0.2) is 27.1 Å². The normalized spacial score (nSPS) is 10.8. The number of anilines is 1. The van der Waals surface area contributed by atoms with Crippen molar-refractivity contribution in [1.29, 1.82) is 0 Å². The average Bonchev–Trinajstić information content (AvgIpc) is 2.58. The van der Waals surface area contributed by atoms with Gasteiger partial charge in [-0.3, -0.25) is 4.99 Å². The minimum absolute atomic E-state index is 0. The van der Waals surface area contributed by atoms with Gasteiger partial charge >= 0.3 is 0 Å². The maximum Gasteiger partial charge on any atom is 0.191 e. The van der Waals surface area contributed by atoms with Crippen LogP contribution in [-0.2, 0) is 13.1 Å². The van der Waals surface area contributed by atoms with Crippen molar-refractivity contribution < 1.29 is 4.39 Å². The van der Waals surface area contributed by atoms with E-state index in [1.165, 1.54) is 5.56 Å². The first-order valence-electron chi connectivity index (χ1n) is 7.95. The van der Waals surface area contributed by atoms with E-state index in [0.29, 0.717) is 24.6 Å². The minimum Gasteiger partial charge on any atom is -0.378 e. The van der Waals surface area contributed by atoms with Crippen LogP contribution < -0.4 is 15.5 Å². The summed E-state index contributed by atoms with van der Waals surface area (Å²) in [5, 5.41) is 6.48. The summed E-state index contributed by atoms with van der Waals surface area (Å²) in [6.07, 6.45) is 0. The lowest BCUT2D eigenvalue weighted by Crippen LogP contribution is -2.36. The quantitative estimate of drug-likeness (QED) is 0.410. The van der Waals surface area contributed by atoms with Crippen molar-refractivity contribution in [1.82, 2.24) is 10.6 Å². The summed E-state index contributed by atoms with van der Waals surface area (Å²) in [4.78, 5) is 6.28. The molecule has 0 saturated carbocycles. The molecule has 2 rings (SSSR count). The number of aliphatic imine (C=N–C) groups is 1. The topological polar surface area (TPSA) is 39.7 Å². The van der Waals surface area contributed by atoms with Crippen LogP contribution in [0.5, 0.6) is 0 Å². The summed E-state index contributed by atoms with van der Waals surface area (Å²) in [6.45, 7) is 2.95. The average molecular weight is 456 g/mol. The molecule has 2 N–H and O–H groups in total. The van der Waals surface area contributed by atoms with Gasteiger partial charge in [-0.2, -0.15) is 0 Å². The van der Waals surface area contributed by atoms with Gasteiger partial charge in [0.1, 0.15) is 5.82 Å². The van der Waals surface area contributed by atoms with E-state index in [2.05, 4.69) is 38.7 Å². The van der Waals surface area contributed by atoms with Gasteiger partial charge in [-0.1, -0.05) is 24.3 Å². The van der Waals surface area contributed by atoms with E-state index in [1.807, 2.05) is 26.2 Å². The Balaban J connectivity index is 0.00000312. The van der Waals surface area contributed by atoms with Gasteiger partial charge < -0.3 is 15.5 Å². The Hall–Kier alpha value is -1.83. The highest BCUT2D eigenvalue weighted by molar-refractivity contribution is 14.0. The van der Waals surface area contributed by atoms with Crippen LogP contribution >= 0.6 is 24.0 Å². The van der Waals surface area contributed by atoms with Gasteiger partial charge in [-0.15, -0.1) is 24.0 Å². The lowest BCUT2D eigenvalue weighted by atomic mass is 10.1. The molecule has 4 nitrogen and oxygen atoms in total. The third-order valence-corrected chi connectivity index (χ3v) is 3.81. The van der Waals surface area contributed by atoms with E-state index in [-0.39, 0.29) is 29.8 Å². The lowest BCUT2D eigenvalue weighted by molar-refractivity contribution is 0.615. The monoisotopic (exact) mass is 456 g/mol. The third-order valence-electron chi connectivity index (χ3n) is 3.81. The lowest BCUT2D eigenvalue weighted by Gasteiger charge is -2.15. The Morgan fingerprint density at radius 1 is 1.04 bits per heavy atom. The Morgan fingerprint density at radius 2 is 1.68 bits per heavy atom. The van der Waals surface area contributed by atoms with Crippen LogP contribution in [0.1, 0.15) is 16.7 Å². The van der Waals surface area contributed by atoms with Crippen LogP contribution in [0.3, 0.4) is 0 Å². The van der Waals surface area contributed by atoms with E-state index in [1.54, 1.807) is 26.1 Å². The highest BCUT2D eigenvalue weighted by Gasteiger charge is 2.03. The first-order chi connectivity index (χ1) is 11.5. The van der Waals surface area contributed by atoms with E-state index in [0.717, 1.165) is 11.3 Å². The second-order valence-electron chi connectivity index (χ2n) is 5.93. The fourth-order valence-electron chi connectivity index (χ4n) is 2.28. The second-order valence-corrected chi connectivity index (χ2v) is 5.93. The van der Waals surface area contributed by atoms with E-state index < -0.39 is 0 Å². The third kappa shape index (κ3) is 6.53. The zero-order valence-corrected chi connectivity index (χ0v) is 17.5. The number of nitrogens with zero attached hydrogens (tertiary/aromatic N) is 2. The SMILES string of the molecule is CN=C(NCc1cccc(N(C)C)c1)NCc1ccc(C)c(F)c1.I. The zero-order chi connectivity index (χ0) is 17.5. The van der Waals surface area contributed by atoms with Gasteiger partial charge in [0.05, 0.1) is 0 Å². The number of benzene rings is 2. The molecule has 25 heavy (non-hydrogen) atoms. The molecule has 0 amide bonds. The van der Waals surface area contributed by atoms with Gasteiger partial charge in [0, 0.05) is 39.9 Å². The molecule has 0 aromatic heterocycles. The number of hydrogen-bond donors (Lipinski definition) is 2. The minimum atomic E-state index is -0.183. The summed E-state index contributed by atoms with van der Waals surface area (Å²) < 4.78 is 13.6. The second kappa shape index (κ2) is 10.2. The summed E-state index contributed by atoms with van der Waals surface area (Å²) in [5.74, 6) is 0.504. The number of hydrogen-bond acceptors (Lipinski definition) is 2. The van der Waals surface area contributed by atoms with Gasteiger partial charge in [-0.25, -0.2) is 4.39 Å². The largest absolute Gasteiger partial charge is 0.378 e. The number of nitrogens with one attached hydrogen (secondary N) is 2. The standard InChI is InChI=1S/C19H25FN4.HI/c1-14-8-9-16(11-18(14)20)13-23-19(21-2)22-12-15-6-5-7-17(10-15)24(3)4;/h5-11H,12-13H2,1-4H3,(H2,21,22,23);1H. The molecule has 0 saturated heterocycles. The van der Waals surface area contributed by atoms with Gasteiger partial charge in [-0.05, 0) is 41.8 Å². The number of aryl methyl sites for hydroxylation is 1. The predicted molar refractivity (Wildman–Crippen MR) is 114 cm³/mol. The first kappa shape index (κ1) is 21.2. The predicted octanol–water partition coefficient (Wildman–Crippen LogP) is 3.68. The molecule has 0 spiro atoms. The molecule has 0 aliphatic heterocycles. The van der Waals surface area contributed by atoms with E-state index >= 15 is 0 Å². The molecule has 0 atom stereocenters. The highest BCUT2D eigenvalue weighted by Crippen LogP contribution is 2.13. The molecular formula is C19H26FIN4. The maximum absolute atomic E-state index is 13.6. The Morgan fingerprint density at radius 3 is 2.24 bits per heavy atom. The molecule has 0 unspecified atom stereocenters. The summed E-state index contributed by atoms with van der Waals surface area (Å²) in [6, 6.07) is 13.6. The fraction of sp³-hybridized carbons (Fsp3) is 0.316. The Bertz CT molecular complexity index is 716. The molecule has 2 aromatic carbocycles. The van der Waals surface area contributed by atoms with Crippen molar-refractivity contribution >= 4 is 35.6 Å². The number of guanidine groups is 1. The van der Waals surface area contributed by atoms with Crippen LogP contribution in [0.15, 0.2) is 47.5 Å². The first-order valence-corrected chi connectivity index (χ1v) is 7.95. The van der Waals surface area contributed by atoms with Crippen molar-refractivity contribution in [2.75, 3.05) is 26.0 Å². The van der Waals surface area contributed by atoms with Crippen LogP contribution in [0.25, 0.3) is 0 Å². The van der Waals surface area contributed by atoms with E-state index in [4.69, 9.17) is 0 Å². The fourth-order valence-corrected chi connectivity index (χ4v) is 2.28. The van der Waals surface area contributed by atoms with Crippen molar-refractivity contribution in [2.45, 2.75) is 20.0 Å². The van der Waals surface area contributed by atoms with Crippen LogP contribution in [0, 0.1) is 12.7 Å². The number of rotatable bonds is 5. The van der Waals surface area contributed by atoms with Crippen molar-refractivity contribution in [3.8, 4) is 0 Å². The van der Waals surface area contributed by atoms with Gasteiger partial charge in [0.15, 0.2) is 5.96 Å². The Labute approximate surface area is 166 Å². The Kier molecular flexibility index (Phi) is 8.68. The molecule has 0 heterocycles. The summed E-state index contributed by atoms with van der Waals surface area (Å²) >= 11 is 0. The molecule has 6 heteroatoms. The molecule has 0 aliphatic carbocycles. The van der Waals surface area contributed by atoms with Crippen LogP contribution in [0.4, 0.5) is 10.1 Å². The van der Waals surface area contributed by atoms with Crippen molar-refractivity contribution in [3.05, 3.63) is 65.0 Å². The molecule has 0 radical (unpaired) electrons. The van der Waals surface area contributed by atoms with Gasteiger partial charge in [0.25, 0.3) is 0 Å². The van der Waals surface area contributed by atoms with Gasteiger partial charge in [0.2, 0.25) is 0 Å². The summed E-state index contributed by atoms with van der Waals surface area (Å²) in [7, 11) is 5.77. The molecule has 0 bridgehead atoms. The molecule has 0 fully saturated rings. The molecule has 136 valence electrons. The molecule has 2 aromatic rings. The molecule has 0 aliphatic rings. The van der Waals surface area contributed by atoms with Crippen molar-refractivity contribution in [2.24, 2.45) is 4.99 Å². The highest BCUT2D eigenvalue weighted by atomic mass is 127. The number of halogens is 2. The maximum atomic E-state index is 13.6.